The predicted octanol–water partition coefficient (Wildman–Crippen LogP) is 2.35. The van der Waals surface area contributed by atoms with E-state index < -0.39 is 86.0 Å². The number of alkyl halides is 3. The van der Waals surface area contributed by atoms with Gasteiger partial charge in [-0.1, -0.05) is 12.1 Å². The Kier molecular flexibility index (Phi) is 8.04. The summed E-state index contributed by atoms with van der Waals surface area (Å²) in [4.78, 5) is 27.4. The number of amides is 1. The first-order valence-electron chi connectivity index (χ1n) is 11.3. The average molecular weight is 654 g/mol. The van der Waals surface area contributed by atoms with E-state index in [1.165, 1.54) is 24.3 Å². The topological polar surface area (TPSA) is 185 Å². The van der Waals surface area contributed by atoms with Gasteiger partial charge in [0.25, 0.3) is 26.0 Å². The quantitative estimate of drug-likeness (QED) is 0.329. The highest BCUT2D eigenvalue weighted by Crippen LogP contribution is 2.33. The van der Waals surface area contributed by atoms with Crippen molar-refractivity contribution in [3.63, 3.8) is 0 Å². The maximum Gasteiger partial charge on any atom is 0.417 e. The highest BCUT2D eigenvalue weighted by atomic mass is 32.3. The normalized spacial score (nSPS) is 16.0. The van der Waals surface area contributed by atoms with Crippen LogP contribution in [-0.4, -0.2) is 64.1 Å². The van der Waals surface area contributed by atoms with Crippen molar-refractivity contribution in [3.05, 3.63) is 65.9 Å². The Hall–Kier alpha value is -3.39. The van der Waals surface area contributed by atoms with Crippen LogP contribution in [0.1, 0.15) is 28.8 Å². The van der Waals surface area contributed by atoms with Crippen molar-refractivity contribution in [2.75, 3.05) is 6.54 Å². The average Bonchev–Trinajstić information content (AvgIpc) is 3.48. The third kappa shape index (κ3) is 5.98. The molecular weight excluding hydrogens is 636 g/mol. The summed E-state index contributed by atoms with van der Waals surface area (Å²) >= 11 is 0.217. The standard InChI is InChI=1S/C22H18F3N3O9S4/c23-22(24,25)13-7-8-17(26-12-13)39(32,33)18-9-10-19(38-18)40(34,35)27-15(21(30)31)5-3-11-28-20(29)14-4-1-2-6-16(14)41(28,36)37/h1-2,4,6-10,12,15,27H,3,5,11H2,(H,30,31)/t15-/m1/s1. The van der Waals surface area contributed by atoms with Crippen LogP contribution >= 0.6 is 11.3 Å². The molecule has 0 aliphatic carbocycles. The molecule has 220 valence electrons. The lowest BCUT2D eigenvalue weighted by Gasteiger charge is -2.17. The van der Waals surface area contributed by atoms with E-state index in [1.807, 2.05) is 4.72 Å². The van der Waals surface area contributed by atoms with Gasteiger partial charge in [-0.3, -0.25) is 9.59 Å². The van der Waals surface area contributed by atoms with Crippen molar-refractivity contribution >= 4 is 53.1 Å². The first-order chi connectivity index (χ1) is 19.0. The number of aliphatic carboxylic acids is 1. The van der Waals surface area contributed by atoms with Gasteiger partial charge in [-0.25, -0.2) is 34.5 Å². The lowest BCUT2D eigenvalue weighted by atomic mass is 10.1. The molecule has 1 aliphatic rings. The highest BCUT2D eigenvalue weighted by Gasteiger charge is 2.40. The van der Waals surface area contributed by atoms with E-state index in [0.717, 1.165) is 12.1 Å². The molecule has 19 heteroatoms. The molecule has 0 saturated heterocycles. The van der Waals surface area contributed by atoms with Gasteiger partial charge in [0.15, 0.2) is 5.03 Å². The number of nitrogens with one attached hydrogen (secondary N) is 1. The third-order valence-electron chi connectivity index (χ3n) is 5.79. The minimum absolute atomic E-state index is 0.0436. The van der Waals surface area contributed by atoms with Crippen molar-refractivity contribution in [1.82, 2.24) is 14.0 Å². The molecule has 2 N–H and O–H groups in total. The zero-order chi connectivity index (χ0) is 30.4. The molecule has 3 heterocycles. The molecule has 0 radical (unpaired) electrons. The second-order valence-corrected chi connectivity index (χ2v) is 15.5. The van der Waals surface area contributed by atoms with E-state index in [2.05, 4.69) is 4.98 Å². The number of thiophene rings is 1. The van der Waals surface area contributed by atoms with E-state index in [1.54, 1.807) is 0 Å². The van der Waals surface area contributed by atoms with Crippen LogP contribution in [0.15, 0.2) is 73.1 Å². The van der Waals surface area contributed by atoms with E-state index in [9.17, 15) is 53.1 Å². The number of carboxylic acids is 1. The van der Waals surface area contributed by atoms with Crippen LogP contribution < -0.4 is 4.72 Å². The Morgan fingerprint density at radius 3 is 2.29 bits per heavy atom. The van der Waals surface area contributed by atoms with E-state index in [4.69, 9.17) is 0 Å². The lowest BCUT2D eigenvalue weighted by Crippen LogP contribution is -2.41. The smallest absolute Gasteiger partial charge is 0.417 e. The van der Waals surface area contributed by atoms with Crippen LogP contribution in [0.2, 0.25) is 0 Å². The monoisotopic (exact) mass is 653 g/mol. The zero-order valence-electron chi connectivity index (χ0n) is 20.3. The molecule has 1 atom stereocenters. The minimum atomic E-state index is -4.75. The summed E-state index contributed by atoms with van der Waals surface area (Å²) < 4.78 is 116. The zero-order valence-corrected chi connectivity index (χ0v) is 23.5. The molecule has 0 saturated carbocycles. The number of sulfone groups is 1. The van der Waals surface area contributed by atoms with Crippen LogP contribution in [0.5, 0.6) is 0 Å². The van der Waals surface area contributed by atoms with Gasteiger partial charge in [0.1, 0.15) is 19.4 Å². The largest absolute Gasteiger partial charge is 0.480 e. The molecule has 0 spiro atoms. The van der Waals surface area contributed by atoms with Crippen LogP contribution in [0.25, 0.3) is 0 Å². The predicted molar refractivity (Wildman–Crippen MR) is 135 cm³/mol. The lowest BCUT2D eigenvalue weighted by molar-refractivity contribution is -0.139. The van der Waals surface area contributed by atoms with Gasteiger partial charge in [-0.2, -0.15) is 17.9 Å². The fraction of sp³-hybridized carbons (Fsp3) is 0.227. The number of sulfonamides is 2. The highest BCUT2D eigenvalue weighted by molar-refractivity contribution is 7.95. The Labute approximate surface area is 235 Å². The molecule has 4 rings (SSSR count). The molecule has 0 unspecified atom stereocenters. The van der Waals surface area contributed by atoms with Gasteiger partial charge in [0.05, 0.1) is 11.1 Å². The third-order valence-corrected chi connectivity index (χ3v) is 12.8. The van der Waals surface area contributed by atoms with Crippen LogP contribution in [0, 0.1) is 0 Å². The van der Waals surface area contributed by atoms with Gasteiger partial charge >= 0.3 is 12.1 Å². The second kappa shape index (κ2) is 10.8. The molecule has 3 aromatic rings. The first kappa shape index (κ1) is 30.6. The molecule has 1 amide bonds. The van der Waals surface area contributed by atoms with Crippen LogP contribution in [0.4, 0.5) is 13.2 Å². The Morgan fingerprint density at radius 2 is 1.71 bits per heavy atom. The number of hydrogen-bond donors (Lipinski definition) is 2. The SMILES string of the molecule is O=C(O)[C@@H](CCCN1C(=O)c2ccccc2S1(=O)=O)NS(=O)(=O)c1ccc(S(=O)(=O)c2ccc(C(F)(F)F)cn2)s1. The summed E-state index contributed by atoms with van der Waals surface area (Å²) in [5.41, 5.74) is -1.23. The number of benzene rings is 1. The number of nitrogens with zero attached hydrogens (tertiary/aromatic N) is 2. The molecule has 1 aliphatic heterocycles. The molecule has 41 heavy (non-hydrogen) atoms. The fourth-order valence-electron chi connectivity index (χ4n) is 3.77. The summed E-state index contributed by atoms with van der Waals surface area (Å²) in [5, 5.41) is 8.77. The number of hydrogen-bond acceptors (Lipinski definition) is 10. The number of aromatic nitrogens is 1. The van der Waals surface area contributed by atoms with Crippen molar-refractivity contribution in [1.29, 1.82) is 0 Å². The van der Waals surface area contributed by atoms with Crippen LogP contribution in [-0.2, 0) is 40.9 Å². The van der Waals surface area contributed by atoms with Gasteiger partial charge in [-0.15, -0.1) is 11.3 Å². The Bertz CT molecular complexity index is 1840. The van der Waals surface area contributed by atoms with Crippen molar-refractivity contribution in [3.8, 4) is 0 Å². The minimum Gasteiger partial charge on any atom is -0.480 e. The Balaban J connectivity index is 1.46. The second-order valence-electron chi connectivity index (χ2n) is 8.49. The van der Waals surface area contributed by atoms with Crippen molar-refractivity contribution < 1.29 is 53.1 Å². The van der Waals surface area contributed by atoms with Gasteiger partial charge in [-0.05, 0) is 49.2 Å². The van der Waals surface area contributed by atoms with E-state index in [-0.39, 0.29) is 28.2 Å². The number of rotatable bonds is 10. The Morgan fingerprint density at radius 1 is 1.05 bits per heavy atom. The molecule has 0 bridgehead atoms. The van der Waals surface area contributed by atoms with Gasteiger partial charge < -0.3 is 5.11 Å². The molecule has 2 aromatic heterocycles. The number of fused-ring (bicyclic) bond motifs is 1. The molecule has 12 nitrogen and oxygen atoms in total. The summed E-state index contributed by atoms with van der Waals surface area (Å²) in [7, 11) is -13.3. The summed E-state index contributed by atoms with van der Waals surface area (Å²) in [6.45, 7) is -0.428. The number of carbonyl (C=O) groups is 2. The number of pyridine rings is 1. The molecule has 1 aromatic carbocycles. The van der Waals surface area contributed by atoms with Crippen LogP contribution in [0.3, 0.4) is 0 Å². The molecular formula is C22H18F3N3O9S4. The number of halogens is 3. The number of carbonyl (C=O) groups excluding carboxylic acids is 1. The van der Waals surface area contributed by atoms with E-state index >= 15 is 0 Å². The van der Waals surface area contributed by atoms with Gasteiger partial charge in [0, 0.05) is 12.7 Å². The maximum absolute atomic E-state index is 12.8. The van der Waals surface area contributed by atoms with Gasteiger partial charge in [0.2, 0.25) is 9.84 Å². The summed E-state index contributed by atoms with van der Waals surface area (Å²) in [5.74, 6) is -2.42. The summed E-state index contributed by atoms with van der Waals surface area (Å²) in [6.07, 6.45) is -5.11. The van der Waals surface area contributed by atoms with Crippen molar-refractivity contribution in [2.24, 2.45) is 0 Å². The van der Waals surface area contributed by atoms with Crippen molar-refractivity contribution in [2.45, 2.75) is 43.4 Å². The first-order valence-corrected chi connectivity index (χ1v) is 16.5. The number of carboxylic acid groups (broad SMARTS) is 1. The fourth-order valence-corrected chi connectivity index (χ4v) is 9.67. The molecule has 0 fully saturated rings. The maximum atomic E-state index is 12.8. The summed E-state index contributed by atoms with van der Waals surface area (Å²) in [6, 6.07) is 6.59. The van der Waals surface area contributed by atoms with E-state index in [0.29, 0.717) is 22.6 Å².